The van der Waals surface area contributed by atoms with Gasteiger partial charge in [0.2, 0.25) is 11.5 Å². The fourth-order valence-corrected chi connectivity index (χ4v) is 4.16. The largest absolute Gasteiger partial charge is 0.377 e. The highest BCUT2D eigenvalue weighted by atomic mass is 16.5. The summed E-state index contributed by atoms with van der Waals surface area (Å²) in [5.41, 5.74) is 1.93. The molecule has 0 amide bonds. The lowest BCUT2D eigenvalue weighted by atomic mass is 10.1. The van der Waals surface area contributed by atoms with Crippen molar-refractivity contribution >= 4 is 22.8 Å². The second kappa shape index (κ2) is 10.3. The molecule has 0 radical (unpaired) electrons. The lowest BCUT2D eigenvalue weighted by Crippen LogP contribution is -2.46. The third kappa shape index (κ3) is 4.84. The summed E-state index contributed by atoms with van der Waals surface area (Å²) in [6.07, 6.45) is 1.63. The Hall–Kier alpha value is -3.04. The minimum Gasteiger partial charge on any atom is -0.377 e. The molecule has 0 spiro atoms. The van der Waals surface area contributed by atoms with Crippen LogP contribution in [0.2, 0.25) is 0 Å². The van der Waals surface area contributed by atoms with E-state index in [-0.39, 0.29) is 17.6 Å². The van der Waals surface area contributed by atoms with Crippen LogP contribution in [0.3, 0.4) is 0 Å². The normalized spacial score (nSPS) is 21.0. The molecule has 176 valence electrons. The molecule has 2 aliphatic rings. The lowest BCUT2D eigenvalue weighted by Gasteiger charge is -2.37. The maximum absolute atomic E-state index is 11.8. The maximum atomic E-state index is 11.8. The van der Waals surface area contributed by atoms with Gasteiger partial charge in [-0.3, -0.25) is 4.79 Å². The number of H-pyrrole nitrogens is 1. The van der Waals surface area contributed by atoms with Crippen molar-refractivity contribution in [2.75, 3.05) is 49.3 Å². The number of nitrogens with one attached hydrogen (secondary N) is 1. The molecule has 3 aromatic heterocycles. The maximum Gasteiger partial charge on any atom is 0.248 e. The first kappa shape index (κ1) is 23.1. The number of anilines is 2. The van der Waals surface area contributed by atoms with Crippen LogP contribution in [0, 0.1) is 0 Å². The number of fused-ring (bicyclic) bond motifs is 1. The molecule has 9 nitrogen and oxygen atoms in total. The molecule has 0 aliphatic carbocycles. The molecule has 0 bridgehead atoms. The van der Waals surface area contributed by atoms with E-state index in [0.717, 1.165) is 29.9 Å². The highest BCUT2D eigenvalue weighted by molar-refractivity contribution is 5.90. The van der Waals surface area contributed by atoms with E-state index < -0.39 is 0 Å². The summed E-state index contributed by atoms with van der Waals surface area (Å²) in [4.78, 5) is 33.5. The smallest absolute Gasteiger partial charge is 0.248 e. The van der Waals surface area contributed by atoms with Crippen LogP contribution in [-0.2, 0) is 9.47 Å². The fourth-order valence-electron chi connectivity index (χ4n) is 4.16. The first-order valence-corrected chi connectivity index (χ1v) is 11.7. The van der Waals surface area contributed by atoms with Crippen LogP contribution in [0.4, 0.5) is 11.8 Å². The monoisotopic (exact) mass is 452 g/mol. The van der Waals surface area contributed by atoms with E-state index in [1.54, 1.807) is 12.3 Å². The van der Waals surface area contributed by atoms with E-state index >= 15 is 0 Å². The molecule has 2 saturated heterocycles. The van der Waals surface area contributed by atoms with Crippen LogP contribution in [-0.4, -0.2) is 71.5 Å². The SMILES string of the molecule is CC.C[C@H]1COCCN1c1nc(N2CCOC[C@@H]2C)c2ccc(-c3cc[nH]c(=O)c3)nc2n1. The van der Waals surface area contributed by atoms with Crippen molar-refractivity contribution in [3.05, 3.63) is 40.8 Å². The molecule has 5 heterocycles. The molecule has 0 unspecified atom stereocenters. The number of morpholine rings is 2. The Morgan fingerprint density at radius 1 is 0.939 bits per heavy atom. The van der Waals surface area contributed by atoms with E-state index in [9.17, 15) is 4.79 Å². The van der Waals surface area contributed by atoms with E-state index in [1.165, 1.54) is 0 Å². The van der Waals surface area contributed by atoms with Crippen molar-refractivity contribution < 1.29 is 9.47 Å². The Kier molecular flexibility index (Phi) is 7.20. The van der Waals surface area contributed by atoms with Gasteiger partial charge in [0.05, 0.1) is 49.6 Å². The van der Waals surface area contributed by atoms with Crippen LogP contribution >= 0.6 is 0 Å². The molecule has 2 fully saturated rings. The molecule has 0 aromatic carbocycles. The summed E-state index contributed by atoms with van der Waals surface area (Å²) in [7, 11) is 0. The molecule has 0 saturated carbocycles. The first-order chi connectivity index (χ1) is 16.1. The lowest BCUT2D eigenvalue weighted by molar-refractivity contribution is 0.0973. The van der Waals surface area contributed by atoms with Gasteiger partial charge in [0, 0.05) is 30.9 Å². The van der Waals surface area contributed by atoms with E-state index in [4.69, 9.17) is 24.4 Å². The Morgan fingerprint density at radius 2 is 1.64 bits per heavy atom. The molecular weight excluding hydrogens is 420 g/mol. The molecule has 3 aromatic rings. The zero-order valence-electron chi connectivity index (χ0n) is 19.7. The molecule has 5 rings (SSSR count). The van der Waals surface area contributed by atoms with Crippen LogP contribution < -0.4 is 15.4 Å². The van der Waals surface area contributed by atoms with E-state index in [0.29, 0.717) is 43.7 Å². The predicted molar refractivity (Wildman–Crippen MR) is 130 cm³/mol. The summed E-state index contributed by atoms with van der Waals surface area (Å²) < 4.78 is 11.2. The van der Waals surface area contributed by atoms with Crippen LogP contribution in [0.5, 0.6) is 0 Å². The van der Waals surface area contributed by atoms with Gasteiger partial charge in [-0.05, 0) is 32.0 Å². The summed E-state index contributed by atoms with van der Waals surface area (Å²) >= 11 is 0. The number of aromatic amines is 1. The van der Waals surface area contributed by atoms with Gasteiger partial charge in [0.1, 0.15) is 5.82 Å². The quantitative estimate of drug-likeness (QED) is 0.648. The Morgan fingerprint density at radius 3 is 2.30 bits per heavy atom. The number of hydrogen-bond acceptors (Lipinski definition) is 8. The highest BCUT2D eigenvalue weighted by Crippen LogP contribution is 2.31. The van der Waals surface area contributed by atoms with Gasteiger partial charge in [0.15, 0.2) is 5.65 Å². The predicted octanol–water partition coefficient (Wildman–Crippen LogP) is 2.86. The van der Waals surface area contributed by atoms with Crippen molar-refractivity contribution in [3.8, 4) is 11.3 Å². The Labute approximate surface area is 193 Å². The zero-order chi connectivity index (χ0) is 23.4. The van der Waals surface area contributed by atoms with Gasteiger partial charge in [0.25, 0.3) is 0 Å². The number of nitrogens with zero attached hydrogens (tertiary/aromatic N) is 5. The van der Waals surface area contributed by atoms with E-state index in [1.807, 2.05) is 32.0 Å². The van der Waals surface area contributed by atoms with E-state index in [2.05, 4.69) is 28.6 Å². The minimum atomic E-state index is -0.159. The molecule has 9 heteroatoms. The number of hydrogen-bond donors (Lipinski definition) is 1. The summed E-state index contributed by atoms with van der Waals surface area (Å²) in [6, 6.07) is 7.69. The second-order valence-electron chi connectivity index (χ2n) is 8.09. The summed E-state index contributed by atoms with van der Waals surface area (Å²) in [5.74, 6) is 1.53. The number of ether oxygens (including phenoxy) is 2. The number of aromatic nitrogens is 4. The third-order valence-corrected chi connectivity index (χ3v) is 5.86. The van der Waals surface area contributed by atoms with Crippen LogP contribution in [0.15, 0.2) is 35.3 Å². The van der Waals surface area contributed by atoms with Gasteiger partial charge >= 0.3 is 0 Å². The van der Waals surface area contributed by atoms with Crippen molar-refractivity contribution in [3.63, 3.8) is 0 Å². The molecule has 1 N–H and O–H groups in total. The summed E-state index contributed by atoms with van der Waals surface area (Å²) in [5, 5.41) is 0.895. The van der Waals surface area contributed by atoms with Gasteiger partial charge in [-0.25, -0.2) is 4.98 Å². The molecule has 2 atom stereocenters. The third-order valence-electron chi connectivity index (χ3n) is 5.86. The second-order valence-corrected chi connectivity index (χ2v) is 8.09. The van der Waals surface area contributed by atoms with Gasteiger partial charge in [-0.15, -0.1) is 0 Å². The average Bonchev–Trinajstić information content (AvgIpc) is 2.85. The van der Waals surface area contributed by atoms with Crippen molar-refractivity contribution in [1.29, 1.82) is 0 Å². The van der Waals surface area contributed by atoms with Gasteiger partial charge in [-0.2, -0.15) is 9.97 Å². The van der Waals surface area contributed by atoms with Crippen molar-refractivity contribution in [2.45, 2.75) is 39.8 Å². The molecule has 2 aliphatic heterocycles. The Balaban J connectivity index is 0.00000126. The average molecular weight is 453 g/mol. The molecule has 33 heavy (non-hydrogen) atoms. The van der Waals surface area contributed by atoms with Gasteiger partial charge < -0.3 is 24.3 Å². The fraction of sp³-hybridized carbons (Fsp3) is 0.500. The minimum absolute atomic E-state index is 0.159. The van der Waals surface area contributed by atoms with Crippen molar-refractivity contribution in [1.82, 2.24) is 19.9 Å². The zero-order valence-corrected chi connectivity index (χ0v) is 19.7. The topological polar surface area (TPSA) is 96.5 Å². The molecular formula is C24H32N6O3. The van der Waals surface area contributed by atoms with Crippen molar-refractivity contribution in [2.24, 2.45) is 0 Å². The number of rotatable bonds is 3. The Bertz CT molecular complexity index is 1150. The summed E-state index contributed by atoms with van der Waals surface area (Å²) in [6.45, 7) is 12.4. The van der Waals surface area contributed by atoms with Crippen LogP contribution in [0.1, 0.15) is 27.7 Å². The van der Waals surface area contributed by atoms with Gasteiger partial charge in [-0.1, -0.05) is 13.8 Å². The first-order valence-electron chi connectivity index (χ1n) is 11.7. The standard InChI is InChI=1S/C22H26N6O3.C2H6/c1-14-12-30-9-7-27(14)21-17-3-4-18(16-5-6-23-19(29)11-16)24-20(17)25-22(26-21)28-8-10-31-13-15(28)2;1-2/h3-6,11,14-15H,7-10,12-13H2,1-2H3,(H,23,29);1-2H3/t14-,15-;/m0./s1. The number of pyridine rings is 2. The van der Waals surface area contributed by atoms with Crippen LogP contribution in [0.25, 0.3) is 22.3 Å². The highest BCUT2D eigenvalue weighted by Gasteiger charge is 2.27.